The zero-order valence-corrected chi connectivity index (χ0v) is 16.2. The van der Waals surface area contributed by atoms with E-state index in [1.54, 1.807) is 0 Å². The van der Waals surface area contributed by atoms with Crippen molar-refractivity contribution in [3.63, 3.8) is 0 Å². The molecule has 2 heterocycles. The summed E-state index contributed by atoms with van der Waals surface area (Å²) in [6, 6.07) is 5.42. The average molecular weight is 384 g/mol. The molecular formula is C21H25FN4O2. The van der Waals surface area contributed by atoms with E-state index in [0.717, 1.165) is 43.1 Å². The number of anilines is 1. The number of amides is 1. The SMILES string of the molecule is CC1(C)Cc2nc(N3CCOCC3)ncc2C(NC(=O)c2ccc(F)cc2)C1. The van der Waals surface area contributed by atoms with Gasteiger partial charge >= 0.3 is 0 Å². The Morgan fingerprint density at radius 2 is 1.96 bits per heavy atom. The van der Waals surface area contributed by atoms with Crippen LogP contribution in [0.1, 0.15) is 47.9 Å². The molecule has 1 N–H and O–H groups in total. The highest BCUT2D eigenvalue weighted by atomic mass is 19.1. The van der Waals surface area contributed by atoms with Crippen LogP contribution in [0.2, 0.25) is 0 Å². The summed E-state index contributed by atoms with van der Waals surface area (Å²) in [5, 5.41) is 3.09. The smallest absolute Gasteiger partial charge is 0.251 e. The van der Waals surface area contributed by atoms with Gasteiger partial charge in [-0.25, -0.2) is 14.4 Å². The van der Waals surface area contributed by atoms with Gasteiger partial charge < -0.3 is 15.0 Å². The molecule has 4 rings (SSSR count). The van der Waals surface area contributed by atoms with Crippen LogP contribution in [-0.4, -0.2) is 42.2 Å². The fourth-order valence-corrected chi connectivity index (χ4v) is 3.92. The van der Waals surface area contributed by atoms with Crippen LogP contribution >= 0.6 is 0 Å². The second-order valence-corrected chi connectivity index (χ2v) is 8.25. The number of carbonyl (C=O) groups excluding carboxylic acids is 1. The van der Waals surface area contributed by atoms with Gasteiger partial charge in [-0.05, 0) is 42.5 Å². The van der Waals surface area contributed by atoms with Gasteiger partial charge in [0.25, 0.3) is 5.91 Å². The molecule has 1 fully saturated rings. The summed E-state index contributed by atoms with van der Waals surface area (Å²) in [6.45, 7) is 7.30. The molecule has 2 aliphatic rings. The molecule has 148 valence electrons. The first kappa shape index (κ1) is 18.8. The van der Waals surface area contributed by atoms with Crippen LogP contribution in [0.4, 0.5) is 10.3 Å². The Kier molecular flexibility index (Phi) is 5.02. The molecule has 0 radical (unpaired) electrons. The van der Waals surface area contributed by atoms with Crippen LogP contribution in [0.5, 0.6) is 0 Å². The van der Waals surface area contributed by atoms with Gasteiger partial charge in [-0.15, -0.1) is 0 Å². The molecule has 6 nitrogen and oxygen atoms in total. The van der Waals surface area contributed by atoms with Gasteiger partial charge in [0.2, 0.25) is 5.95 Å². The Labute approximate surface area is 164 Å². The second kappa shape index (κ2) is 7.47. The van der Waals surface area contributed by atoms with Crippen molar-refractivity contribution in [3.05, 3.63) is 53.1 Å². The highest BCUT2D eigenvalue weighted by Gasteiger charge is 2.35. The lowest BCUT2D eigenvalue weighted by molar-refractivity contribution is 0.0918. The monoisotopic (exact) mass is 384 g/mol. The minimum absolute atomic E-state index is 0.00434. The van der Waals surface area contributed by atoms with E-state index < -0.39 is 0 Å². The minimum Gasteiger partial charge on any atom is -0.378 e. The Hall–Kier alpha value is -2.54. The number of hydrogen-bond donors (Lipinski definition) is 1. The van der Waals surface area contributed by atoms with E-state index in [4.69, 9.17) is 9.72 Å². The van der Waals surface area contributed by atoms with Crippen molar-refractivity contribution >= 4 is 11.9 Å². The summed E-state index contributed by atoms with van der Waals surface area (Å²) < 4.78 is 18.5. The van der Waals surface area contributed by atoms with Gasteiger partial charge in [-0.3, -0.25) is 4.79 Å². The molecule has 0 bridgehead atoms. The first-order chi connectivity index (χ1) is 13.4. The summed E-state index contributed by atoms with van der Waals surface area (Å²) in [4.78, 5) is 24.2. The third kappa shape index (κ3) is 3.99. The highest BCUT2D eigenvalue weighted by molar-refractivity contribution is 5.94. The van der Waals surface area contributed by atoms with Crippen molar-refractivity contribution in [3.8, 4) is 0 Å². The molecule has 1 amide bonds. The van der Waals surface area contributed by atoms with Crippen LogP contribution in [0.15, 0.2) is 30.5 Å². The maximum atomic E-state index is 13.1. The fourth-order valence-electron chi connectivity index (χ4n) is 3.92. The van der Waals surface area contributed by atoms with E-state index in [2.05, 4.69) is 29.0 Å². The molecule has 1 aliphatic heterocycles. The number of nitrogens with one attached hydrogen (secondary N) is 1. The number of rotatable bonds is 3. The number of fused-ring (bicyclic) bond motifs is 1. The van der Waals surface area contributed by atoms with Crippen LogP contribution in [0.3, 0.4) is 0 Å². The number of aromatic nitrogens is 2. The molecule has 0 saturated carbocycles. The topological polar surface area (TPSA) is 67.3 Å². The summed E-state index contributed by atoms with van der Waals surface area (Å²) in [7, 11) is 0. The normalized spacial score (nSPS) is 21.1. The van der Waals surface area contributed by atoms with Crippen molar-refractivity contribution in [1.29, 1.82) is 0 Å². The van der Waals surface area contributed by atoms with Crippen LogP contribution in [0.25, 0.3) is 0 Å². The molecule has 1 aromatic heterocycles. The molecule has 1 unspecified atom stereocenters. The van der Waals surface area contributed by atoms with Crippen LogP contribution in [0, 0.1) is 11.2 Å². The molecule has 1 aromatic carbocycles. The first-order valence-electron chi connectivity index (χ1n) is 9.66. The predicted molar refractivity (Wildman–Crippen MR) is 104 cm³/mol. The predicted octanol–water partition coefficient (Wildman–Crippen LogP) is 2.90. The van der Waals surface area contributed by atoms with Gasteiger partial charge in [0.05, 0.1) is 24.9 Å². The van der Waals surface area contributed by atoms with E-state index in [9.17, 15) is 9.18 Å². The maximum Gasteiger partial charge on any atom is 0.251 e. The summed E-state index contributed by atoms with van der Waals surface area (Å²) in [5.74, 6) is 0.152. The van der Waals surface area contributed by atoms with Crippen molar-refractivity contribution in [1.82, 2.24) is 15.3 Å². The lowest BCUT2D eigenvalue weighted by atomic mass is 9.74. The van der Waals surface area contributed by atoms with Crippen molar-refractivity contribution in [2.24, 2.45) is 5.41 Å². The third-order valence-corrected chi connectivity index (χ3v) is 5.37. The lowest BCUT2D eigenvalue weighted by Crippen LogP contribution is -2.39. The number of hydrogen-bond acceptors (Lipinski definition) is 5. The van der Waals surface area contributed by atoms with Gasteiger partial charge in [0.15, 0.2) is 0 Å². The molecule has 28 heavy (non-hydrogen) atoms. The second-order valence-electron chi connectivity index (χ2n) is 8.25. The van der Waals surface area contributed by atoms with E-state index in [-0.39, 0.29) is 23.2 Å². The molecule has 0 spiro atoms. The fraction of sp³-hybridized carbons (Fsp3) is 0.476. The Balaban J connectivity index is 1.59. The lowest BCUT2D eigenvalue weighted by Gasteiger charge is -2.37. The van der Waals surface area contributed by atoms with Crippen LogP contribution in [-0.2, 0) is 11.2 Å². The van der Waals surface area contributed by atoms with Crippen molar-refractivity contribution in [2.45, 2.75) is 32.7 Å². The van der Waals surface area contributed by atoms with E-state index in [1.807, 2.05) is 6.20 Å². The molecular weight excluding hydrogens is 359 g/mol. The van der Waals surface area contributed by atoms with Gasteiger partial charge in [-0.2, -0.15) is 0 Å². The number of carbonyl (C=O) groups is 1. The number of morpholine rings is 1. The minimum atomic E-state index is -0.357. The maximum absolute atomic E-state index is 13.1. The number of nitrogens with zero attached hydrogens (tertiary/aromatic N) is 3. The standard InChI is InChI=1S/C21H25FN4O2/c1-21(2)11-17(24-19(27)14-3-5-15(22)6-4-14)16-13-23-20(25-18(16)12-21)26-7-9-28-10-8-26/h3-6,13,17H,7-12H2,1-2H3,(H,24,27). The number of halogens is 1. The average Bonchev–Trinajstić information content (AvgIpc) is 2.68. The summed E-state index contributed by atoms with van der Waals surface area (Å²) >= 11 is 0. The highest BCUT2D eigenvalue weighted by Crippen LogP contribution is 2.40. The van der Waals surface area contributed by atoms with Crippen LogP contribution < -0.4 is 10.2 Å². The summed E-state index contributed by atoms with van der Waals surface area (Å²) in [5.41, 5.74) is 2.39. The quantitative estimate of drug-likeness (QED) is 0.881. The molecule has 2 aromatic rings. The van der Waals surface area contributed by atoms with E-state index in [0.29, 0.717) is 18.8 Å². The summed E-state index contributed by atoms with van der Waals surface area (Å²) in [6.07, 6.45) is 3.48. The van der Waals surface area contributed by atoms with Gasteiger partial charge in [-0.1, -0.05) is 13.8 Å². The molecule has 7 heteroatoms. The molecule has 1 saturated heterocycles. The van der Waals surface area contributed by atoms with Crippen molar-refractivity contribution < 1.29 is 13.9 Å². The zero-order chi connectivity index (χ0) is 19.7. The van der Waals surface area contributed by atoms with Crippen molar-refractivity contribution in [2.75, 3.05) is 31.2 Å². The van der Waals surface area contributed by atoms with Gasteiger partial charge in [0.1, 0.15) is 5.82 Å². The largest absolute Gasteiger partial charge is 0.378 e. The molecule has 1 aliphatic carbocycles. The van der Waals surface area contributed by atoms with E-state index in [1.165, 1.54) is 24.3 Å². The Bertz CT molecular complexity index is 863. The zero-order valence-electron chi connectivity index (χ0n) is 16.2. The number of benzene rings is 1. The number of ether oxygens (including phenoxy) is 1. The van der Waals surface area contributed by atoms with E-state index >= 15 is 0 Å². The van der Waals surface area contributed by atoms with Gasteiger partial charge in [0, 0.05) is 30.4 Å². The third-order valence-electron chi connectivity index (χ3n) is 5.37. The Morgan fingerprint density at radius 3 is 2.68 bits per heavy atom. The Morgan fingerprint density at radius 1 is 1.25 bits per heavy atom. The molecule has 1 atom stereocenters. The first-order valence-corrected chi connectivity index (χ1v) is 9.66.